The molecule has 1 aromatic heterocycles. The number of hydrogen-bond donors (Lipinski definition) is 1. The van der Waals surface area contributed by atoms with E-state index in [0.717, 1.165) is 11.2 Å². The summed E-state index contributed by atoms with van der Waals surface area (Å²) < 4.78 is 4.74. The number of ether oxygens (including phenoxy) is 1. The van der Waals surface area contributed by atoms with Gasteiger partial charge in [0.1, 0.15) is 12.6 Å². The molecule has 0 saturated heterocycles. The van der Waals surface area contributed by atoms with Crippen LogP contribution in [0.15, 0.2) is 24.3 Å². The van der Waals surface area contributed by atoms with E-state index in [2.05, 4.69) is 20.7 Å². The third kappa shape index (κ3) is 4.99. The number of nitrogens with one attached hydrogen (secondary N) is 1. The molecule has 0 saturated carbocycles. The lowest BCUT2D eigenvalue weighted by molar-refractivity contribution is -0.146. The molecule has 0 fully saturated rings. The summed E-state index contributed by atoms with van der Waals surface area (Å²) in [7, 11) is 1.29. The van der Waals surface area contributed by atoms with E-state index < -0.39 is 17.9 Å². The van der Waals surface area contributed by atoms with Gasteiger partial charge in [0, 0.05) is 10.6 Å². The molecule has 1 N–H and O–H groups in total. The van der Waals surface area contributed by atoms with Gasteiger partial charge in [0.05, 0.1) is 7.11 Å². The number of benzene rings is 1. The van der Waals surface area contributed by atoms with Crippen molar-refractivity contribution in [2.45, 2.75) is 32.9 Å². The Kier molecular flexibility index (Phi) is 6.46. The van der Waals surface area contributed by atoms with Gasteiger partial charge in [0.25, 0.3) is 0 Å². The van der Waals surface area contributed by atoms with E-state index in [0.29, 0.717) is 16.4 Å². The minimum atomic E-state index is -0.710. The van der Waals surface area contributed by atoms with Crippen molar-refractivity contribution in [3.05, 3.63) is 29.3 Å². The first-order valence-electron chi connectivity index (χ1n) is 7.85. The van der Waals surface area contributed by atoms with Gasteiger partial charge in [-0.2, -0.15) is 4.80 Å². The minimum absolute atomic E-state index is 0.0536. The van der Waals surface area contributed by atoms with Crippen molar-refractivity contribution in [3.63, 3.8) is 0 Å². The predicted octanol–water partition coefficient (Wildman–Crippen LogP) is 1.70. The first kappa shape index (κ1) is 18.9. The van der Waals surface area contributed by atoms with Gasteiger partial charge in [-0.15, -0.1) is 10.2 Å². The molecule has 134 valence electrons. The number of rotatable bonds is 7. The predicted molar refractivity (Wildman–Crippen MR) is 91.7 cm³/mol. The highest BCUT2D eigenvalue weighted by molar-refractivity contribution is 6.30. The summed E-state index contributed by atoms with van der Waals surface area (Å²) in [6, 6.07) is 6.31. The fourth-order valence-corrected chi connectivity index (χ4v) is 2.39. The smallest absolute Gasteiger partial charge is 0.328 e. The van der Waals surface area contributed by atoms with Crippen LogP contribution in [0.25, 0.3) is 11.4 Å². The van der Waals surface area contributed by atoms with Crippen molar-refractivity contribution in [2.75, 3.05) is 7.11 Å². The Balaban J connectivity index is 2.04. The van der Waals surface area contributed by atoms with Crippen molar-refractivity contribution in [1.29, 1.82) is 0 Å². The Morgan fingerprint density at radius 2 is 2.16 bits per heavy atom. The first-order chi connectivity index (χ1) is 11.9. The highest BCUT2D eigenvalue weighted by Crippen LogP contribution is 2.18. The molecular formula is C16H20ClN5O3. The number of esters is 1. The van der Waals surface area contributed by atoms with E-state index in [4.69, 9.17) is 16.3 Å². The lowest BCUT2D eigenvalue weighted by Crippen LogP contribution is -2.46. The highest BCUT2D eigenvalue weighted by Gasteiger charge is 2.26. The van der Waals surface area contributed by atoms with Crippen molar-refractivity contribution < 1.29 is 14.3 Å². The summed E-state index contributed by atoms with van der Waals surface area (Å²) in [4.78, 5) is 25.2. The molecule has 8 nitrogen and oxygen atoms in total. The molecule has 9 heteroatoms. The van der Waals surface area contributed by atoms with Crippen LogP contribution in [0.5, 0.6) is 0 Å². The number of hydrogen-bond acceptors (Lipinski definition) is 6. The Morgan fingerprint density at radius 3 is 2.80 bits per heavy atom. The third-order valence-corrected chi connectivity index (χ3v) is 4.04. The molecule has 0 aliphatic rings. The molecule has 1 amide bonds. The maximum absolute atomic E-state index is 12.2. The number of methoxy groups -OCH3 is 1. The van der Waals surface area contributed by atoms with Gasteiger partial charge in [-0.1, -0.05) is 44.0 Å². The molecule has 1 heterocycles. The number of carbonyl (C=O) groups excluding carboxylic acids is 2. The number of nitrogens with zero attached hydrogens (tertiary/aromatic N) is 4. The Labute approximate surface area is 150 Å². The molecular weight excluding hydrogens is 346 g/mol. The maximum atomic E-state index is 12.2. The molecule has 2 atom stereocenters. The molecule has 0 bridgehead atoms. The van der Waals surface area contributed by atoms with Crippen LogP contribution >= 0.6 is 11.6 Å². The Morgan fingerprint density at radius 1 is 1.40 bits per heavy atom. The fraction of sp³-hybridized carbons (Fsp3) is 0.438. The highest BCUT2D eigenvalue weighted by atomic mass is 35.5. The fourth-order valence-electron chi connectivity index (χ4n) is 2.20. The maximum Gasteiger partial charge on any atom is 0.328 e. The largest absolute Gasteiger partial charge is 0.467 e. The molecule has 0 radical (unpaired) electrons. The van der Waals surface area contributed by atoms with Crippen molar-refractivity contribution in [2.24, 2.45) is 5.92 Å². The van der Waals surface area contributed by atoms with Crippen LogP contribution in [-0.4, -0.2) is 45.2 Å². The topological polar surface area (TPSA) is 99.0 Å². The molecule has 0 spiro atoms. The summed E-state index contributed by atoms with van der Waals surface area (Å²) in [6.45, 7) is 3.65. The van der Waals surface area contributed by atoms with Gasteiger partial charge in [-0.25, -0.2) is 4.79 Å². The number of aromatic nitrogens is 4. The van der Waals surface area contributed by atoms with Crippen LogP contribution in [0, 0.1) is 5.92 Å². The third-order valence-electron chi connectivity index (χ3n) is 3.81. The molecule has 25 heavy (non-hydrogen) atoms. The summed E-state index contributed by atoms with van der Waals surface area (Å²) in [5.74, 6) is -0.566. The van der Waals surface area contributed by atoms with Crippen molar-refractivity contribution in [3.8, 4) is 11.4 Å². The number of carbonyl (C=O) groups is 2. The minimum Gasteiger partial charge on any atom is -0.467 e. The van der Waals surface area contributed by atoms with Gasteiger partial charge < -0.3 is 10.1 Å². The van der Waals surface area contributed by atoms with Crippen LogP contribution in [0.1, 0.15) is 20.3 Å². The molecule has 2 rings (SSSR count). The van der Waals surface area contributed by atoms with E-state index in [1.165, 1.54) is 7.11 Å². The number of amides is 1. The van der Waals surface area contributed by atoms with Crippen molar-refractivity contribution >= 4 is 23.5 Å². The summed E-state index contributed by atoms with van der Waals surface area (Å²) in [5.41, 5.74) is 0.700. The van der Waals surface area contributed by atoms with Crippen LogP contribution < -0.4 is 5.32 Å². The Hall–Kier alpha value is -2.48. The van der Waals surface area contributed by atoms with Crippen molar-refractivity contribution in [1.82, 2.24) is 25.5 Å². The molecule has 2 aromatic rings. The van der Waals surface area contributed by atoms with Crippen LogP contribution in [-0.2, 0) is 20.9 Å². The standard InChI is InChI=1S/C16H20ClN5O3/c1-4-10(2)14(16(24)25-3)18-13(23)9-22-20-15(19-21-22)11-6-5-7-12(17)8-11/h5-8,10,14H,4,9H2,1-3H3,(H,18,23)/t10-,14-/m1/s1. The zero-order chi connectivity index (χ0) is 18.4. The Bertz CT molecular complexity index is 749. The van der Waals surface area contributed by atoms with Gasteiger partial charge in [0.15, 0.2) is 0 Å². The first-order valence-corrected chi connectivity index (χ1v) is 8.23. The average Bonchev–Trinajstić information content (AvgIpc) is 3.06. The molecule has 0 aliphatic heterocycles. The second kappa shape index (κ2) is 8.57. The van der Waals surface area contributed by atoms with E-state index in [9.17, 15) is 9.59 Å². The monoisotopic (exact) mass is 365 g/mol. The quantitative estimate of drug-likeness (QED) is 0.750. The van der Waals surface area contributed by atoms with Gasteiger partial charge in [-0.05, 0) is 23.3 Å². The summed E-state index contributed by atoms with van der Waals surface area (Å²) in [5, 5.41) is 15.1. The average molecular weight is 366 g/mol. The van der Waals surface area contributed by atoms with Gasteiger partial charge in [0.2, 0.25) is 11.7 Å². The second-order valence-electron chi connectivity index (χ2n) is 5.61. The van der Waals surface area contributed by atoms with E-state index in [1.54, 1.807) is 24.3 Å². The number of halogens is 1. The second-order valence-corrected chi connectivity index (χ2v) is 6.04. The van der Waals surface area contributed by atoms with Crippen LogP contribution in [0.2, 0.25) is 5.02 Å². The lowest BCUT2D eigenvalue weighted by Gasteiger charge is -2.21. The van der Waals surface area contributed by atoms with Crippen LogP contribution in [0.3, 0.4) is 0 Å². The molecule has 1 aromatic carbocycles. The summed E-state index contributed by atoms with van der Waals surface area (Å²) >= 11 is 5.94. The SMILES string of the molecule is CC[C@@H](C)[C@@H](NC(=O)Cn1nnc(-c2cccc(Cl)c2)n1)C(=O)OC. The lowest BCUT2D eigenvalue weighted by atomic mass is 9.99. The zero-order valence-corrected chi connectivity index (χ0v) is 15.0. The number of tetrazole rings is 1. The van der Waals surface area contributed by atoms with Gasteiger partial charge >= 0.3 is 5.97 Å². The molecule has 0 unspecified atom stereocenters. The zero-order valence-electron chi connectivity index (χ0n) is 14.3. The van der Waals surface area contributed by atoms with Crippen LogP contribution in [0.4, 0.5) is 0 Å². The molecule has 0 aliphatic carbocycles. The van der Waals surface area contributed by atoms with E-state index in [1.807, 2.05) is 13.8 Å². The van der Waals surface area contributed by atoms with E-state index >= 15 is 0 Å². The summed E-state index contributed by atoms with van der Waals surface area (Å²) in [6.07, 6.45) is 0.723. The van der Waals surface area contributed by atoms with E-state index in [-0.39, 0.29) is 12.5 Å². The van der Waals surface area contributed by atoms with Gasteiger partial charge in [-0.3, -0.25) is 4.79 Å². The normalized spacial score (nSPS) is 13.1.